The molecule has 0 aliphatic carbocycles. The van der Waals surface area contributed by atoms with E-state index in [-0.39, 0.29) is 32.0 Å². The highest BCUT2D eigenvalue weighted by atomic mass is 31.2. The molecule has 0 saturated carbocycles. The first-order valence-electron chi connectivity index (χ1n) is 22.7. The quantitative estimate of drug-likeness (QED) is 0.0214. The second-order valence-corrected chi connectivity index (χ2v) is 17.9. The molecule has 0 radical (unpaired) electrons. The van der Waals surface area contributed by atoms with Gasteiger partial charge in [-0.05, 0) is 70.6 Å². The average molecular weight is 813 g/mol. The van der Waals surface area contributed by atoms with E-state index < -0.39 is 26.5 Å². The zero-order valence-electron chi connectivity index (χ0n) is 36.9. The summed E-state index contributed by atoms with van der Waals surface area (Å²) in [5.74, 6) is -0.815. The van der Waals surface area contributed by atoms with E-state index in [2.05, 4.69) is 50.3 Å². The van der Waals surface area contributed by atoms with E-state index in [1.807, 2.05) is 21.1 Å². The summed E-state index contributed by atoms with van der Waals surface area (Å²) in [5, 5.41) is 0. The Hall–Kier alpha value is -1.77. The predicted octanol–water partition coefficient (Wildman–Crippen LogP) is 12.9. The molecule has 0 aromatic carbocycles. The lowest BCUT2D eigenvalue weighted by atomic mass is 10.1. The van der Waals surface area contributed by atoms with Crippen LogP contribution in [0.5, 0.6) is 0 Å². The molecule has 1 N–H and O–H groups in total. The number of carbonyl (C=O) groups is 2. The lowest BCUT2D eigenvalue weighted by Gasteiger charge is -2.24. The number of esters is 2. The first-order valence-corrected chi connectivity index (χ1v) is 24.2. The van der Waals surface area contributed by atoms with Crippen LogP contribution in [-0.4, -0.2) is 74.9 Å². The lowest BCUT2D eigenvalue weighted by molar-refractivity contribution is -0.870. The average Bonchev–Trinajstić information content (AvgIpc) is 3.15. The molecule has 0 saturated heterocycles. The number of likely N-dealkylation sites (N-methyl/N-ethyl adjacent to an activating group) is 1. The van der Waals surface area contributed by atoms with Gasteiger partial charge in [0.25, 0.3) is 0 Å². The highest BCUT2D eigenvalue weighted by Gasteiger charge is 2.27. The van der Waals surface area contributed by atoms with E-state index >= 15 is 0 Å². The highest BCUT2D eigenvalue weighted by Crippen LogP contribution is 2.43. The van der Waals surface area contributed by atoms with Crippen molar-refractivity contribution in [3.63, 3.8) is 0 Å². The molecule has 9 nitrogen and oxygen atoms in total. The zero-order chi connectivity index (χ0) is 41.4. The van der Waals surface area contributed by atoms with Crippen LogP contribution in [0.15, 0.2) is 36.5 Å². The number of rotatable bonds is 41. The van der Waals surface area contributed by atoms with Crippen molar-refractivity contribution >= 4 is 19.8 Å². The fourth-order valence-corrected chi connectivity index (χ4v) is 6.78. The van der Waals surface area contributed by atoms with Crippen LogP contribution in [-0.2, 0) is 32.7 Å². The fraction of sp³-hybridized carbons (Fsp3) is 0.826. The predicted molar refractivity (Wildman–Crippen MR) is 234 cm³/mol. The van der Waals surface area contributed by atoms with E-state index in [1.54, 1.807) is 0 Å². The van der Waals surface area contributed by atoms with Crippen molar-refractivity contribution in [1.29, 1.82) is 0 Å². The number of hydrogen-bond acceptors (Lipinski definition) is 7. The molecule has 0 bridgehead atoms. The Morgan fingerprint density at radius 2 is 0.964 bits per heavy atom. The monoisotopic (exact) mass is 813 g/mol. The maximum absolute atomic E-state index is 12.7. The molecule has 10 heteroatoms. The molecule has 0 amide bonds. The van der Waals surface area contributed by atoms with Crippen molar-refractivity contribution in [2.24, 2.45) is 0 Å². The van der Waals surface area contributed by atoms with Crippen molar-refractivity contribution < 1.29 is 42.1 Å². The lowest BCUT2D eigenvalue weighted by Crippen LogP contribution is -2.37. The topological polar surface area (TPSA) is 108 Å². The van der Waals surface area contributed by atoms with Gasteiger partial charge in [0.15, 0.2) is 6.10 Å². The van der Waals surface area contributed by atoms with Gasteiger partial charge in [-0.3, -0.25) is 18.6 Å². The van der Waals surface area contributed by atoms with Gasteiger partial charge in [0.05, 0.1) is 27.7 Å². The van der Waals surface area contributed by atoms with Crippen molar-refractivity contribution in [1.82, 2.24) is 0 Å². The summed E-state index contributed by atoms with van der Waals surface area (Å²) < 4.78 is 34.3. The Balaban J connectivity index is 4.36. The standard InChI is InChI=1S/C46H86NO8P/c1-6-8-10-12-14-16-18-20-22-23-24-25-27-29-31-33-35-37-39-46(49)55-44(43-54-56(50,51)53-41-40-47(3,4)5)42-52-45(48)38-36-34-32-30-28-26-21-19-17-15-13-11-9-7-2/h16,18-19,21-23,44H,6-15,17,20,24-43H2,1-5H3/p+1/b18-16-,21-19-,23-22-. The number of nitrogens with zero attached hydrogens (tertiary/aromatic N) is 1. The van der Waals surface area contributed by atoms with Crippen LogP contribution in [0.1, 0.15) is 194 Å². The summed E-state index contributed by atoms with van der Waals surface area (Å²) in [4.78, 5) is 35.4. The largest absolute Gasteiger partial charge is 0.472 e. The van der Waals surface area contributed by atoms with E-state index in [0.717, 1.165) is 70.6 Å². The van der Waals surface area contributed by atoms with Gasteiger partial charge in [-0.15, -0.1) is 0 Å². The van der Waals surface area contributed by atoms with E-state index in [4.69, 9.17) is 18.5 Å². The number of ether oxygens (including phenoxy) is 2. The molecule has 0 aromatic rings. The molecule has 328 valence electrons. The molecule has 56 heavy (non-hydrogen) atoms. The Morgan fingerprint density at radius 3 is 1.45 bits per heavy atom. The number of allylic oxidation sites excluding steroid dienone is 6. The minimum Gasteiger partial charge on any atom is -0.462 e. The number of quaternary nitrogens is 1. The normalized spacial score (nSPS) is 13.9. The molecule has 0 aliphatic rings. The van der Waals surface area contributed by atoms with Gasteiger partial charge in [0.1, 0.15) is 19.8 Å². The molecule has 2 unspecified atom stereocenters. The van der Waals surface area contributed by atoms with Crippen LogP contribution in [0.4, 0.5) is 0 Å². The summed E-state index contributed by atoms with van der Waals surface area (Å²) in [6, 6.07) is 0. The third kappa shape index (κ3) is 41.9. The van der Waals surface area contributed by atoms with Crippen LogP contribution >= 0.6 is 7.82 Å². The van der Waals surface area contributed by atoms with Crippen molar-refractivity contribution in [2.45, 2.75) is 200 Å². The molecular formula is C46H87NO8P+. The van der Waals surface area contributed by atoms with E-state index in [1.165, 1.54) is 89.9 Å². The molecule has 0 aromatic heterocycles. The van der Waals surface area contributed by atoms with Crippen LogP contribution in [0.2, 0.25) is 0 Å². The van der Waals surface area contributed by atoms with Gasteiger partial charge in [-0.2, -0.15) is 0 Å². The molecule has 0 rings (SSSR count). The molecule has 0 spiro atoms. The summed E-state index contributed by atoms with van der Waals surface area (Å²) in [7, 11) is 1.47. The third-order valence-electron chi connectivity index (χ3n) is 9.64. The molecule has 0 heterocycles. The maximum atomic E-state index is 12.7. The van der Waals surface area contributed by atoms with Crippen LogP contribution in [0.3, 0.4) is 0 Å². The smallest absolute Gasteiger partial charge is 0.462 e. The summed E-state index contributed by atoms with van der Waals surface area (Å²) in [5.41, 5.74) is 0. The summed E-state index contributed by atoms with van der Waals surface area (Å²) in [6.07, 6.45) is 43.3. The second kappa shape index (κ2) is 38.7. The number of hydrogen-bond donors (Lipinski definition) is 1. The minimum absolute atomic E-state index is 0.0286. The number of phosphoric acid groups is 1. The Bertz CT molecular complexity index is 1050. The van der Waals surface area contributed by atoms with Crippen molar-refractivity contribution in [2.75, 3.05) is 47.5 Å². The highest BCUT2D eigenvalue weighted by molar-refractivity contribution is 7.47. The molecular weight excluding hydrogens is 725 g/mol. The first kappa shape index (κ1) is 54.2. The zero-order valence-corrected chi connectivity index (χ0v) is 37.8. The number of unbranched alkanes of at least 4 members (excludes halogenated alkanes) is 21. The van der Waals surface area contributed by atoms with E-state index in [9.17, 15) is 19.0 Å². The Morgan fingerprint density at radius 1 is 0.554 bits per heavy atom. The van der Waals surface area contributed by atoms with Crippen molar-refractivity contribution in [3.05, 3.63) is 36.5 Å². The molecule has 2 atom stereocenters. The van der Waals surface area contributed by atoms with E-state index in [0.29, 0.717) is 17.4 Å². The summed E-state index contributed by atoms with van der Waals surface area (Å²) in [6.45, 7) is 4.38. The van der Waals surface area contributed by atoms with Crippen LogP contribution in [0.25, 0.3) is 0 Å². The fourth-order valence-electron chi connectivity index (χ4n) is 6.04. The number of carbonyl (C=O) groups excluding carboxylic acids is 2. The van der Waals surface area contributed by atoms with Gasteiger partial charge in [0, 0.05) is 12.8 Å². The SMILES string of the molecule is CCCCCC/C=C\C/C=C\CCCCCCCCCC(=O)OC(COC(=O)CCCCCCC/C=C\CCCCCCC)COP(=O)(O)OCC[N+](C)(C)C. The van der Waals surface area contributed by atoms with Gasteiger partial charge in [-0.1, -0.05) is 147 Å². The number of phosphoric ester groups is 1. The summed E-state index contributed by atoms with van der Waals surface area (Å²) >= 11 is 0. The second-order valence-electron chi connectivity index (χ2n) is 16.4. The van der Waals surface area contributed by atoms with Crippen molar-refractivity contribution in [3.8, 4) is 0 Å². The molecule has 0 fully saturated rings. The van der Waals surface area contributed by atoms with Crippen LogP contribution in [0, 0.1) is 0 Å². The van der Waals surface area contributed by atoms with Gasteiger partial charge in [-0.25, -0.2) is 4.57 Å². The maximum Gasteiger partial charge on any atom is 0.472 e. The minimum atomic E-state index is -4.38. The third-order valence-corrected chi connectivity index (χ3v) is 10.6. The van der Waals surface area contributed by atoms with Gasteiger partial charge >= 0.3 is 19.8 Å². The Kier molecular flexibility index (Phi) is 37.5. The van der Waals surface area contributed by atoms with Gasteiger partial charge < -0.3 is 18.9 Å². The molecule has 0 aliphatic heterocycles. The Labute approximate surface area is 344 Å². The van der Waals surface area contributed by atoms with Crippen LogP contribution < -0.4 is 0 Å². The van der Waals surface area contributed by atoms with Gasteiger partial charge in [0.2, 0.25) is 0 Å². The first-order chi connectivity index (χ1) is 27.0.